The molecule has 0 aliphatic heterocycles. The quantitative estimate of drug-likeness (QED) is 0.0262. The lowest BCUT2D eigenvalue weighted by Gasteiger charge is -2.18. The van der Waals surface area contributed by atoms with Crippen molar-refractivity contribution in [1.82, 2.24) is 0 Å². The fraction of sp³-hybridized carbons (Fsp3) is 0.667. The maximum atomic E-state index is 12.8. The van der Waals surface area contributed by atoms with Crippen LogP contribution in [0.4, 0.5) is 0 Å². The van der Waals surface area contributed by atoms with Gasteiger partial charge in [0.1, 0.15) is 13.2 Å². The number of rotatable bonds is 50. The third kappa shape index (κ3) is 54.9. The lowest BCUT2D eigenvalue weighted by molar-refractivity contribution is -0.167. The molecule has 1 atom stereocenters. The number of ether oxygens (including phenoxy) is 3. The van der Waals surface area contributed by atoms with Crippen LogP contribution in [-0.4, -0.2) is 37.2 Å². The zero-order chi connectivity index (χ0) is 50.0. The summed E-state index contributed by atoms with van der Waals surface area (Å²) in [6.45, 7) is 6.49. The van der Waals surface area contributed by atoms with Crippen LogP contribution in [0.15, 0.2) is 109 Å². The van der Waals surface area contributed by atoms with Gasteiger partial charge in [0.05, 0.1) is 0 Å². The third-order valence-corrected chi connectivity index (χ3v) is 11.7. The molecule has 0 spiro atoms. The van der Waals surface area contributed by atoms with Crippen molar-refractivity contribution >= 4 is 17.9 Å². The summed E-state index contributed by atoms with van der Waals surface area (Å²) in [7, 11) is 0. The normalized spacial score (nSPS) is 12.9. The highest BCUT2D eigenvalue weighted by molar-refractivity contribution is 5.71. The van der Waals surface area contributed by atoms with E-state index in [-0.39, 0.29) is 44.0 Å². The lowest BCUT2D eigenvalue weighted by Crippen LogP contribution is -2.30. The van der Waals surface area contributed by atoms with E-state index in [0.717, 1.165) is 103 Å². The van der Waals surface area contributed by atoms with Gasteiger partial charge >= 0.3 is 17.9 Å². The second-order valence-corrected chi connectivity index (χ2v) is 18.5. The second kappa shape index (κ2) is 56.7. The molecule has 0 unspecified atom stereocenters. The van der Waals surface area contributed by atoms with Crippen LogP contribution in [-0.2, 0) is 28.6 Å². The molecule has 392 valence electrons. The fourth-order valence-electron chi connectivity index (χ4n) is 7.41. The largest absolute Gasteiger partial charge is 0.462 e. The molecule has 0 rings (SSSR count). The average Bonchev–Trinajstić information content (AvgIpc) is 3.35. The zero-order valence-corrected chi connectivity index (χ0v) is 44.8. The molecule has 0 heterocycles. The van der Waals surface area contributed by atoms with Gasteiger partial charge in [-0.25, -0.2) is 0 Å². The Labute approximate surface area is 425 Å². The van der Waals surface area contributed by atoms with Gasteiger partial charge in [-0.05, 0) is 128 Å². The summed E-state index contributed by atoms with van der Waals surface area (Å²) in [5.74, 6) is -1.01. The zero-order valence-electron chi connectivity index (χ0n) is 44.8. The van der Waals surface area contributed by atoms with Crippen LogP contribution < -0.4 is 0 Å². The van der Waals surface area contributed by atoms with E-state index >= 15 is 0 Å². The van der Waals surface area contributed by atoms with Gasteiger partial charge in [-0.2, -0.15) is 0 Å². The van der Waals surface area contributed by atoms with Crippen molar-refractivity contribution in [1.29, 1.82) is 0 Å². The Hall–Kier alpha value is -3.93. The van der Waals surface area contributed by atoms with Crippen molar-refractivity contribution in [3.63, 3.8) is 0 Å². The molecule has 0 N–H and O–H groups in total. The summed E-state index contributed by atoms with van der Waals surface area (Å²) in [6.07, 6.45) is 76.5. The Kier molecular flexibility index (Phi) is 53.4. The van der Waals surface area contributed by atoms with Crippen molar-refractivity contribution in [2.45, 2.75) is 258 Å². The van der Waals surface area contributed by atoms with Crippen molar-refractivity contribution in [2.75, 3.05) is 13.2 Å². The molecule has 0 aliphatic carbocycles. The van der Waals surface area contributed by atoms with Crippen LogP contribution in [0.25, 0.3) is 0 Å². The van der Waals surface area contributed by atoms with Gasteiger partial charge in [-0.1, -0.05) is 214 Å². The monoisotopic (exact) mass is 957 g/mol. The first kappa shape index (κ1) is 65.1. The van der Waals surface area contributed by atoms with Crippen molar-refractivity contribution < 1.29 is 28.6 Å². The van der Waals surface area contributed by atoms with E-state index in [4.69, 9.17) is 14.2 Å². The van der Waals surface area contributed by atoms with Gasteiger partial charge in [0.2, 0.25) is 0 Å². The minimum atomic E-state index is -0.823. The summed E-state index contributed by atoms with van der Waals surface area (Å²) in [5.41, 5.74) is 0. The number of carbonyl (C=O) groups is 3. The van der Waals surface area contributed by atoms with Gasteiger partial charge in [0.25, 0.3) is 0 Å². The molecule has 0 aliphatic rings. The SMILES string of the molecule is CCCCC/C=C\C/C=C\C/C=C\C/C=C\CCCCCC(=O)O[C@@H](COC(=O)CCC/C=C\C/C=C\C/C=C\CCCCCCCC)COC(=O)CCCCCCC/C=C\C/C=C\CCCCC. The number of esters is 3. The molecule has 0 aromatic carbocycles. The summed E-state index contributed by atoms with van der Waals surface area (Å²) < 4.78 is 16.8. The fourth-order valence-corrected chi connectivity index (χ4v) is 7.41. The van der Waals surface area contributed by atoms with E-state index in [0.29, 0.717) is 19.3 Å². The number of unbranched alkanes of at least 4 members (excludes halogenated alkanes) is 21. The minimum absolute atomic E-state index is 0.116. The maximum Gasteiger partial charge on any atom is 0.306 e. The third-order valence-electron chi connectivity index (χ3n) is 11.7. The number of hydrogen-bond donors (Lipinski definition) is 0. The Morgan fingerprint density at radius 2 is 0.536 bits per heavy atom. The molecule has 0 saturated heterocycles. The molecular formula is C63H104O6. The Morgan fingerprint density at radius 3 is 0.913 bits per heavy atom. The molecule has 6 heteroatoms. The molecule has 69 heavy (non-hydrogen) atoms. The molecule has 0 radical (unpaired) electrons. The standard InChI is InChI=1S/C63H104O6/c1-4-7-10-13-16-19-22-25-28-30-31-33-36-39-42-45-48-51-54-57-63(66)69-60(58-67-61(64)55-52-49-46-43-40-37-34-27-24-21-18-15-12-9-6-3)59-68-62(65)56-53-50-47-44-41-38-35-32-29-26-23-20-17-14-11-8-5-2/h16,18-19,21,25-29,31,33-35,38-39,42,44,47,60H,4-15,17,20,22-24,30,32,36-37,40-41,43,45-46,48-59H2,1-3H3/b19-16-,21-18-,28-25-,29-26-,33-31-,34-27-,38-35-,42-39-,47-44-/t60-/m1/s1. The van der Waals surface area contributed by atoms with Crippen LogP contribution in [0, 0.1) is 0 Å². The van der Waals surface area contributed by atoms with Crippen molar-refractivity contribution in [3.05, 3.63) is 109 Å². The van der Waals surface area contributed by atoms with Gasteiger partial charge in [0, 0.05) is 19.3 Å². The van der Waals surface area contributed by atoms with Gasteiger partial charge in [-0.15, -0.1) is 0 Å². The molecule has 6 nitrogen and oxygen atoms in total. The van der Waals surface area contributed by atoms with Gasteiger partial charge in [0.15, 0.2) is 6.10 Å². The van der Waals surface area contributed by atoms with Gasteiger partial charge in [-0.3, -0.25) is 14.4 Å². The van der Waals surface area contributed by atoms with Crippen LogP contribution >= 0.6 is 0 Å². The van der Waals surface area contributed by atoms with E-state index in [9.17, 15) is 14.4 Å². The molecule has 0 bridgehead atoms. The smallest absolute Gasteiger partial charge is 0.306 e. The lowest BCUT2D eigenvalue weighted by atomic mass is 10.1. The Bertz CT molecular complexity index is 1420. The summed E-state index contributed by atoms with van der Waals surface area (Å²) in [4.78, 5) is 38.1. The van der Waals surface area contributed by atoms with Crippen LogP contribution in [0.2, 0.25) is 0 Å². The van der Waals surface area contributed by atoms with E-state index in [1.807, 2.05) is 0 Å². The molecular weight excluding hydrogens is 853 g/mol. The predicted molar refractivity (Wildman–Crippen MR) is 297 cm³/mol. The topological polar surface area (TPSA) is 78.9 Å². The molecule has 0 fully saturated rings. The highest BCUT2D eigenvalue weighted by Gasteiger charge is 2.19. The first-order valence-electron chi connectivity index (χ1n) is 28.4. The molecule has 0 saturated carbocycles. The first-order chi connectivity index (χ1) is 34.0. The predicted octanol–water partition coefficient (Wildman–Crippen LogP) is 19.1. The number of hydrogen-bond acceptors (Lipinski definition) is 6. The first-order valence-corrected chi connectivity index (χ1v) is 28.4. The summed E-state index contributed by atoms with van der Waals surface area (Å²) in [6, 6.07) is 0. The van der Waals surface area contributed by atoms with E-state index in [1.54, 1.807) is 0 Å². The number of allylic oxidation sites excluding steroid dienone is 18. The molecule has 0 amide bonds. The average molecular weight is 958 g/mol. The van der Waals surface area contributed by atoms with Gasteiger partial charge < -0.3 is 14.2 Å². The van der Waals surface area contributed by atoms with Crippen molar-refractivity contribution in [3.8, 4) is 0 Å². The minimum Gasteiger partial charge on any atom is -0.462 e. The van der Waals surface area contributed by atoms with E-state index in [1.165, 1.54) is 96.3 Å². The summed E-state index contributed by atoms with van der Waals surface area (Å²) >= 11 is 0. The van der Waals surface area contributed by atoms with Crippen LogP contribution in [0.5, 0.6) is 0 Å². The second-order valence-electron chi connectivity index (χ2n) is 18.5. The van der Waals surface area contributed by atoms with E-state index < -0.39 is 6.10 Å². The highest BCUT2D eigenvalue weighted by atomic mass is 16.6. The van der Waals surface area contributed by atoms with Crippen molar-refractivity contribution in [2.24, 2.45) is 0 Å². The van der Waals surface area contributed by atoms with E-state index in [2.05, 4.69) is 130 Å². The Morgan fingerprint density at radius 1 is 0.290 bits per heavy atom. The number of carbonyl (C=O) groups excluding carboxylic acids is 3. The molecule has 0 aromatic rings. The Balaban J connectivity index is 4.56. The highest BCUT2D eigenvalue weighted by Crippen LogP contribution is 2.12. The maximum absolute atomic E-state index is 12.8. The molecule has 0 aromatic heterocycles. The van der Waals surface area contributed by atoms with Crippen LogP contribution in [0.1, 0.15) is 252 Å². The summed E-state index contributed by atoms with van der Waals surface area (Å²) in [5, 5.41) is 0. The van der Waals surface area contributed by atoms with Crippen LogP contribution in [0.3, 0.4) is 0 Å².